The average molecular weight is 678 g/mol. The fourth-order valence-corrected chi connectivity index (χ4v) is 7.31. The van der Waals surface area contributed by atoms with Crippen LogP contribution in [0.25, 0.3) is 94.9 Å². The zero-order valence-corrected chi connectivity index (χ0v) is 28.6. The molecule has 0 radical (unpaired) electrons. The summed E-state index contributed by atoms with van der Waals surface area (Å²) in [6.07, 6.45) is 0. The van der Waals surface area contributed by atoms with Crippen molar-refractivity contribution in [1.29, 1.82) is 0 Å². The van der Waals surface area contributed by atoms with Gasteiger partial charge in [-0.3, -0.25) is 0 Å². The van der Waals surface area contributed by atoms with Gasteiger partial charge >= 0.3 is 0 Å². The first-order chi connectivity index (χ1) is 26.3. The molecular formula is C48H31N5. The van der Waals surface area contributed by atoms with Crippen LogP contribution in [-0.2, 0) is 0 Å². The molecule has 0 fully saturated rings. The molecular weight excluding hydrogens is 647 g/mol. The number of benzene rings is 7. The highest BCUT2D eigenvalue weighted by Crippen LogP contribution is 2.38. The summed E-state index contributed by atoms with van der Waals surface area (Å²) < 4.78 is 2.29. The second-order valence-corrected chi connectivity index (χ2v) is 13.1. The maximum atomic E-state index is 5.34. The Morgan fingerprint density at radius 2 is 0.830 bits per heavy atom. The van der Waals surface area contributed by atoms with Crippen molar-refractivity contribution in [3.63, 3.8) is 0 Å². The largest absolute Gasteiger partial charge is 0.306 e. The van der Waals surface area contributed by atoms with Crippen molar-refractivity contribution in [1.82, 2.24) is 24.5 Å². The van der Waals surface area contributed by atoms with Crippen molar-refractivity contribution >= 4 is 32.8 Å². The number of hydrogen-bond donors (Lipinski definition) is 0. The van der Waals surface area contributed by atoms with E-state index in [1.807, 2.05) is 42.5 Å². The summed E-state index contributed by atoms with van der Waals surface area (Å²) in [4.78, 5) is 20.8. The maximum absolute atomic E-state index is 5.34. The molecule has 0 aliphatic heterocycles. The molecule has 53 heavy (non-hydrogen) atoms. The van der Waals surface area contributed by atoms with E-state index >= 15 is 0 Å². The van der Waals surface area contributed by atoms with E-state index in [-0.39, 0.29) is 0 Å². The van der Waals surface area contributed by atoms with Crippen LogP contribution in [0, 0.1) is 0 Å². The molecule has 0 saturated heterocycles. The van der Waals surface area contributed by atoms with E-state index < -0.39 is 0 Å². The maximum Gasteiger partial charge on any atom is 0.160 e. The number of hydrogen-bond acceptors (Lipinski definition) is 4. The van der Waals surface area contributed by atoms with Crippen LogP contribution in [0.2, 0.25) is 0 Å². The van der Waals surface area contributed by atoms with E-state index in [9.17, 15) is 0 Å². The minimum Gasteiger partial charge on any atom is -0.306 e. The van der Waals surface area contributed by atoms with Crippen LogP contribution in [0.4, 0.5) is 0 Å². The SMILES string of the molecule is c1ccc(-c2nc(-c3cccc(-c4cccc(-c5nc(-c6ccccc6)c6c(n5)c5ccccc5n6-c5ccccc5)c4)c3)nc3ccccc23)cc1. The Balaban J connectivity index is 1.12. The van der Waals surface area contributed by atoms with Gasteiger partial charge < -0.3 is 4.57 Å². The van der Waals surface area contributed by atoms with Gasteiger partial charge in [0.15, 0.2) is 11.6 Å². The van der Waals surface area contributed by atoms with Crippen LogP contribution in [0.3, 0.4) is 0 Å². The smallest absolute Gasteiger partial charge is 0.160 e. The fourth-order valence-electron chi connectivity index (χ4n) is 7.31. The normalized spacial score (nSPS) is 11.4. The molecule has 0 spiro atoms. The molecule has 0 amide bonds. The lowest BCUT2D eigenvalue weighted by Gasteiger charge is -2.13. The number of nitrogens with zero attached hydrogens (tertiary/aromatic N) is 5. The first kappa shape index (κ1) is 30.6. The Morgan fingerprint density at radius 1 is 0.340 bits per heavy atom. The highest BCUT2D eigenvalue weighted by atomic mass is 15.0. The van der Waals surface area contributed by atoms with Gasteiger partial charge in [-0.25, -0.2) is 19.9 Å². The number of fused-ring (bicyclic) bond motifs is 4. The van der Waals surface area contributed by atoms with E-state index in [1.165, 1.54) is 0 Å². The Labute approximate surface area is 306 Å². The van der Waals surface area contributed by atoms with Gasteiger partial charge in [-0.05, 0) is 47.5 Å². The summed E-state index contributed by atoms with van der Waals surface area (Å²) in [5.41, 5.74) is 12.9. The molecule has 3 aromatic heterocycles. The van der Waals surface area contributed by atoms with Gasteiger partial charge in [0.25, 0.3) is 0 Å². The van der Waals surface area contributed by atoms with Crippen LogP contribution in [-0.4, -0.2) is 24.5 Å². The molecule has 0 aliphatic rings. The van der Waals surface area contributed by atoms with Gasteiger partial charge in [0.1, 0.15) is 5.52 Å². The second-order valence-electron chi connectivity index (χ2n) is 13.1. The van der Waals surface area contributed by atoms with Crippen LogP contribution in [0.1, 0.15) is 0 Å². The van der Waals surface area contributed by atoms with Crippen molar-refractivity contribution in [2.45, 2.75) is 0 Å². The molecule has 5 heteroatoms. The summed E-state index contributed by atoms with van der Waals surface area (Å²) in [5, 5.41) is 2.12. The van der Waals surface area contributed by atoms with Gasteiger partial charge in [-0.1, -0.05) is 152 Å². The van der Waals surface area contributed by atoms with Gasteiger partial charge in [0.05, 0.1) is 27.9 Å². The zero-order chi connectivity index (χ0) is 35.1. The standard InChI is InChI=1S/C48H31N5/c1-4-16-32(17-5-1)43-39-26-10-12-28-41(39)49-47(50-43)36-22-14-20-34(30-36)35-21-15-23-37(31-35)48-51-44(33-18-6-2-7-19-33)46-45(52-48)40-27-11-13-29-42(40)53(46)38-24-8-3-9-25-38/h1-31H. The third-order valence-electron chi connectivity index (χ3n) is 9.79. The van der Waals surface area contributed by atoms with E-state index in [1.54, 1.807) is 0 Å². The average Bonchev–Trinajstić information content (AvgIpc) is 3.58. The second kappa shape index (κ2) is 12.8. The molecule has 10 aromatic rings. The minimum absolute atomic E-state index is 0.677. The molecule has 0 aliphatic carbocycles. The monoisotopic (exact) mass is 677 g/mol. The van der Waals surface area contributed by atoms with Crippen LogP contribution in [0.5, 0.6) is 0 Å². The van der Waals surface area contributed by atoms with Gasteiger partial charge in [0, 0.05) is 38.7 Å². The highest BCUT2D eigenvalue weighted by molar-refractivity contribution is 6.11. The predicted octanol–water partition coefficient (Wildman–Crippen LogP) is 11.9. The first-order valence-corrected chi connectivity index (χ1v) is 17.7. The fraction of sp³-hybridized carbons (Fsp3) is 0. The third-order valence-corrected chi connectivity index (χ3v) is 9.79. The lowest BCUT2D eigenvalue weighted by Crippen LogP contribution is -1.99. The van der Waals surface area contributed by atoms with Crippen molar-refractivity contribution in [2.24, 2.45) is 0 Å². The lowest BCUT2D eigenvalue weighted by molar-refractivity contribution is 1.15. The molecule has 0 atom stereocenters. The lowest BCUT2D eigenvalue weighted by atomic mass is 10.00. The van der Waals surface area contributed by atoms with Crippen molar-refractivity contribution in [3.05, 3.63) is 188 Å². The van der Waals surface area contributed by atoms with Crippen molar-refractivity contribution in [3.8, 4) is 62.1 Å². The van der Waals surface area contributed by atoms with Gasteiger partial charge in [-0.2, -0.15) is 0 Å². The Hall–Kier alpha value is -7.24. The molecule has 10 rings (SSSR count). The van der Waals surface area contributed by atoms with E-state index in [2.05, 4.69) is 150 Å². The van der Waals surface area contributed by atoms with Gasteiger partial charge in [-0.15, -0.1) is 0 Å². The molecule has 0 N–H and O–H groups in total. The molecule has 0 bridgehead atoms. The summed E-state index contributed by atoms with van der Waals surface area (Å²) in [6, 6.07) is 64.8. The zero-order valence-electron chi connectivity index (χ0n) is 28.6. The van der Waals surface area contributed by atoms with Crippen LogP contribution in [0.15, 0.2) is 188 Å². The topological polar surface area (TPSA) is 56.5 Å². The number of para-hydroxylation sites is 3. The summed E-state index contributed by atoms with van der Waals surface area (Å²) >= 11 is 0. The van der Waals surface area contributed by atoms with E-state index in [4.69, 9.17) is 19.9 Å². The summed E-state index contributed by atoms with van der Waals surface area (Å²) in [7, 11) is 0. The first-order valence-electron chi connectivity index (χ1n) is 17.7. The summed E-state index contributed by atoms with van der Waals surface area (Å²) in [6.45, 7) is 0. The van der Waals surface area contributed by atoms with Crippen molar-refractivity contribution < 1.29 is 0 Å². The molecule has 7 aromatic carbocycles. The Bertz CT molecular complexity index is 2940. The Kier molecular flexibility index (Phi) is 7.40. The molecule has 5 nitrogen and oxygen atoms in total. The van der Waals surface area contributed by atoms with Crippen LogP contribution >= 0.6 is 0 Å². The summed E-state index contributed by atoms with van der Waals surface area (Å²) in [5.74, 6) is 1.37. The number of rotatable bonds is 6. The van der Waals surface area contributed by atoms with Gasteiger partial charge in [0.2, 0.25) is 0 Å². The van der Waals surface area contributed by atoms with Crippen molar-refractivity contribution in [2.75, 3.05) is 0 Å². The van der Waals surface area contributed by atoms with E-state index in [0.29, 0.717) is 11.6 Å². The van der Waals surface area contributed by atoms with Crippen LogP contribution < -0.4 is 0 Å². The molecule has 0 unspecified atom stereocenters. The predicted molar refractivity (Wildman–Crippen MR) is 217 cm³/mol. The number of aromatic nitrogens is 5. The molecule has 0 saturated carbocycles. The third kappa shape index (κ3) is 5.43. The molecule has 248 valence electrons. The quantitative estimate of drug-likeness (QED) is 0.176. The molecule has 3 heterocycles. The minimum atomic E-state index is 0.677. The highest BCUT2D eigenvalue weighted by Gasteiger charge is 2.21. The Morgan fingerprint density at radius 3 is 1.51 bits per heavy atom. The van der Waals surface area contributed by atoms with E-state index in [0.717, 1.165) is 83.3 Å².